The van der Waals surface area contributed by atoms with Crippen molar-refractivity contribution in [2.75, 3.05) is 39.9 Å². The maximum Gasteiger partial charge on any atom is 0.480 e. The molecule has 1 heterocycles. The zero-order valence-electron chi connectivity index (χ0n) is 17.3. The fraction of sp³-hybridized carbons (Fsp3) is 0.579. The van der Waals surface area contributed by atoms with Gasteiger partial charge in [0.1, 0.15) is 0 Å². The third-order valence-corrected chi connectivity index (χ3v) is 5.52. The number of hydrogen-bond acceptors (Lipinski definition) is 5. The first-order valence-electron chi connectivity index (χ1n) is 9.81. The lowest BCUT2D eigenvalue weighted by Gasteiger charge is -2.29. The van der Waals surface area contributed by atoms with E-state index in [1.165, 1.54) is 12.1 Å². The van der Waals surface area contributed by atoms with Crippen LogP contribution in [0.4, 0.5) is 4.39 Å². The van der Waals surface area contributed by atoms with Crippen LogP contribution in [0.25, 0.3) is 0 Å². The Balaban J connectivity index is 1.97. The highest BCUT2D eigenvalue weighted by molar-refractivity contribution is 9.10. The van der Waals surface area contributed by atoms with Crippen LogP contribution in [0.3, 0.4) is 0 Å². The van der Waals surface area contributed by atoms with E-state index in [0.29, 0.717) is 25.6 Å². The predicted octanol–water partition coefficient (Wildman–Crippen LogP) is 2.51. The Bertz CT molecular complexity index is 749. The van der Waals surface area contributed by atoms with E-state index >= 15 is 0 Å². The van der Waals surface area contributed by atoms with Gasteiger partial charge >= 0.3 is 7.12 Å². The van der Waals surface area contributed by atoms with Crippen molar-refractivity contribution in [2.45, 2.75) is 26.2 Å². The third-order valence-electron chi connectivity index (χ3n) is 4.59. The maximum atomic E-state index is 14.2. The molecule has 0 saturated carbocycles. The number of halogens is 3. The number of likely N-dealkylation sites (N-methyl/N-ethyl adjacent to an activating group) is 1. The minimum Gasteiger partial charge on any atom is -0.408 e. The fourth-order valence-corrected chi connectivity index (χ4v) is 3.59. The Morgan fingerprint density at radius 1 is 1.30 bits per heavy atom. The molecule has 0 aromatic heterocycles. The van der Waals surface area contributed by atoms with Crippen LogP contribution in [0.5, 0.6) is 0 Å². The van der Waals surface area contributed by atoms with Crippen LogP contribution in [0.2, 0.25) is 5.02 Å². The van der Waals surface area contributed by atoms with Gasteiger partial charge in [-0.2, -0.15) is 0 Å². The van der Waals surface area contributed by atoms with E-state index in [-0.39, 0.29) is 27.5 Å². The second-order valence-electron chi connectivity index (χ2n) is 7.62. The van der Waals surface area contributed by atoms with Crippen LogP contribution in [-0.2, 0) is 14.1 Å². The smallest absolute Gasteiger partial charge is 0.408 e. The van der Waals surface area contributed by atoms with Gasteiger partial charge in [-0.25, -0.2) is 4.39 Å². The number of carbonyl (C=O) groups is 2. The Morgan fingerprint density at radius 3 is 2.53 bits per heavy atom. The highest BCUT2D eigenvalue weighted by atomic mass is 79.9. The Labute approximate surface area is 190 Å². The molecule has 30 heavy (non-hydrogen) atoms. The van der Waals surface area contributed by atoms with Crippen LogP contribution >= 0.6 is 27.5 Å². The van der Waals surface area contributed by atoms with Gasteiger partial charge in [0, 0.05) is 26.3 Å². The van der Waals surface area contributed by atoms with E-state index in [9.17, 15) is 14.0 Å². The van der Waals surface area contributed by atoms with Crippen molar-refractivity contribution >= 4 is 46.5 Å². The Hall–Kier alpha value is -1.20. The van der Waals surface area contributed by atoms with E-state index in [2.05, 4.69) is 31.5 Å². The Kier molecular flexibility index (Phi) is 10.0. The minimum absolute atomic E-state index is 0.0346. The molecular weight excluding hydrogens is 479 g/mol. The second-order valence-corrected chi connectivity index (χ2v) is 8.88. The van der Waals surface area contributed by atoms with Crippen LogP contribution < -0.4 is 10.6 Å². The number of carbonyl (C=O) groups excluding carboxylic acids is 2. The summed E-state index contributed by atoms with van der Waals surface area (Å²) in [6.45, 7) is 6.27. The van der Waals surface area contributed by atoms with Gasteiger partial charge in [0.15, 0.2) is 5.82 Å². The van der Waals surface area contributed by atoms with E-state index in [4.69, 9.17) is 20.9 Å². The molecule has 0 aliphatic carbocycles. The largest absolute Gasteiger partial charge is 0.480 e. The van der Waals surface area contributed by atoms with Crippen molar-refractivity contribution in [2.24, 2.45) is 5.92 Å². The van der Waals surface area contributed by atoms with E-state index < -0.39 is 24.7 Å². The van der Waals surface area contributed by atoms with Gasteiger partial charge in [-0.1, -0.05) is 25.4 Å². The average Bonchev–Trinajstić information content (AvgIpc) is 2.65. The molecule has 2 N–H and O–H groups in total. The van der Waals surface area contributed by atoms with Crippen LogP contribution in [-0.4, -0.2) is 69.7 Å². The number of rotatable bonds is 7. The molecular formula is C19H27BBrClFN3O4. The summed E-state index contributed by atoms with van der Waals surface area (Å²) in [5.41, 5.74) is -0.312. The first-order chi connectivity index (χ1) is 14.2. The molecule has 11 heteroatoms. The standard InChI is InChI=1S/C19H27BBrClFN3O4/c1-12(2)10-15(20-29-8-6-26(3)7-9-30-20)25-16(27)11-24-19(28)17-14(22)5-4-13(21)18(17)23/h4-5,12,15H,6-11H2,1-3H3,(H,24,28)(H,25,27)/t15-/m0/s1. The summed E-state index contributed by atoms with van der Waals surface area (Å²) in [5, 5.41) is 5.25. The molecule has 1 fully saturated rings. The van der Waals surface area contributed by atoms with Gasteiger partial charge in [-0.05, 0) is 47.4 Å². The van der Waals surface area contributed by atoms with Crippen molar-refractivity contribution in [1.29, 1.82) is 0 Å². The highest BCUT2D eigenvalue weighted by Crippen LogP contribution is 2.25. The van der Waals surface area contributed by atoms with E-state index in [0.717, 1.165) is 13.1 Å². The van der Waals surface area contributed by atoms with Gasteiger partial charge in [-0.3, -0.25) is 9.59 Å². The molecule has 2 amide bonds. The van der Waals surface area contributed by atoms with E-state index in [1.54, 1.807) is 0 Å². The van der Waals surface area contributed by atoms with Crippen LogP contribution in [0, 0.1) is 11.7 Å². The lowest BCUT2D eigenvalue weighted by atomic mass is 9.73. The van der Waals surface area contributed by atoms with Crippen molar-refractivity contribution in [3.63, 3.8) is 0 Å². The number of hydrogen-bond donors (Lipinski definition) is 2. The lowest BCUT2D eigenvalue weighted by molar-refractivity contribution is -0.120. The lowest BCUT2D eigenvalue weighted by Crippen LogP contribution is -2.54. The number of benzene rings is 1. The SMILES string of the molecule is CC(C)C[C@H](NC(=O)CNC(=O)c1c(Cl)ccc(Br)c1F)B1OCCN(C)CCO1. The van der Waals surface area contributed by atoms with Gasteiger partial charge < -0.3 is 24.8 Å². The molecule has 166 valence electrons. The molecule has 0 radical (unpaired) electrons. The summed E-state index contributed by atoms with van der Waals surface area (Å²) in [6, 6.07) is 2.81. The molecule has 1 aromatic carbocycles. The van der Waals surface area contributed by atoms with Crippen LogP contribution in [0.15, 0.2) is 16.6 Å². The summed E-state index contributed by atoms with van der Waals surface area (Å²) < 4.78 is 26.0. The van der Waals surface area contributed by atoms with E-state index in [1.807, 2.05) is 20.9 Å². The molecule has 1 aliphatic heterocycles. The van der Waals surface area contributed by atoms with Crippen molar-refractivity contribution < 1.29 is 23.3 Å². The van der Waals surface area contributed by atoms with Gasteiger partial charge in [-0.15, -0.1) is 0 Å². The monoisotopic (exact) mass is 505 g/mol. The summed E-state index contributed by atoms with van der Waals surface area (Å²) in [5.74, 6) is -2.05. The van der Waals surface area contributed by atoms with Gasteiger partial charge in [0.25, 0.3) is 5.91 Å². The second kappa shape index (κ2) is 12.0. The van der Waals surface area contributed by atoms with Crippen molar-refractivity contribution in [3.8, 4) is 0 Å². The average molecular weight is 507 g/mol. The highest BCUT2D eigenvalue weighted by Gasteiger charge is 2.33. The summed E-state index contributed by atoms with van der Waals surface area (Å²) >= 11 is 8.96. The number of nitrogens with one attached hydrogen (secondary N) is 2. The number of nitrogens with zero attached hydrogens (tertiary/aromatic N) is 1. The molecule has 0 bridgehead atoms. The minimum atomic E-state index is -0.778. The zero-order chi connectivity index (χ0) is 22.3. The molecule has 0 spiro atoms. The molecule has 1 aromatic rings. The summed E-state index contributed by atoms with van der Waals surface area (Å²) in [4.78, 5) is 26.9. The maximum absolute atomic E-state index is 14.2. The topological polar surface area (TPSA) is 79.9 Å². The van der Waals surface area contributed by atoms with Gasteiger partial charge in [0.2, 0.25) is 5.91 Å². The summed E-state index contributed by atoms with van der Waals surface area (Å²) in [6.07, 6.45) is 0.645. The Morgan fingerprint density at radius 2 is 1.93 bits per heavy atom. The zero-order valence-corrected chi connectivity index (χ0v) is 19.7. The van der Waals surface area contributed by atoms with Crippen molar-refractivity contribution in [3.05, 3.63) is 33.0 Å². The molecule has 1 saturated heterocycles. The first-order valence-corrected chi connectivity index (χ1v) is 11.0. The first kappa shape index (κ1) is 25.1. The van der Waals surface area contributed by atoms with Crippen molar-refractivity contribution in [1.82, 2.24) is 15.5 Å². The molecule has 0 unspecified atom stereocenters. The predicted molar refractivity (Wildman–Crippen MR) is 118 cm³/mol. The summed E-state index contributed by atoms with van der Waals surface area (Å²) in [7, 11) is 1.42. The molecule has 1 atom stereocenters. The molecule has 7 nitrogen and oxygen atoms in total. The quantitative estimate of drug-likeness (QED) is 0.439. The third kappa shape index (κ3) is 7.49. The normalized spacial score (nSPS) is 16.7. The molecule has 1 aliphatic rings. The molecule has 2 rings (SSSR count). The van der Waals surface area contributed by atoms with Crippen LogP contribution in [0.1, 0.15) is 30.6 Å². The van der Waals surface area contributed by atoms with Gasteiger partial charge in [0.05, 0.1) is 27.5 Å². The number of amides is 2. The fourth-order valence-electron chi connectivity index (χ4n) is 3.03.